The van der Waals surface area contributed by atoms with Gasteiger partial charge in [0.25, 0.3) is 0 Å². The number of thiazole rings is 1. The third kappa shape index (κ3) is 3.24. The van der Waals surface area contributed by atoms with E-state index in [4.69, 9.17) is 11.6 Å². The Balaban J connectivity index is 1.91. The highest BCUT2D eigenvalue weighted by Gasteiger charge is 2.20. The molecule has 2 rings (SSSR count). The Labute approximate surface area is 101 Å². The first kappa shape index (κ1) is 11.5. The van der Waals surface area contributed by atoms with Crippen molar-refractivity contribution in [2.45, 2.75) is 23.8 Å². The predicted molar refractivity (Wildman–Crippen MR) is 64.9 cm³/mol. The summed E-state index contributed by atoms with van der Waals surface area (Å²) < 4.78 is 12.5. The average molecular weight is 265 g/mol. The van der Waals surface area contributed by atoms with Crippen LogP contribution in [-0.4, -0.2) is 27.5 Å². The van der Waals surface area contributed by atoms with Crippen LogP contribution in [-0.2, 0) is 16.6 Å². The second kappa shape index (κ2) is 5.39. The van der Waals surface area contributed by atoms with Crippen LogP contribution in [0.4, 0.5) is 0 Å². The minimum atomic E-state index is -0.795. The van der Waals surface area contributed by atoms with Gasteiger partial charge in [0, 0.05) is 33.7 Å². The molecule has 1 aliphatic rings. The fourth-order valence-corrected chi connectivity index (χ4v) is 4.33. The highest BCUT2D eigenvalue weighted by molar-refractivity contribution is 7.85. The van der Waals surface area contributed by atoms with Crippen molar-refractivity contribution < 1.29 is 4.21 Å². The number of hydrogen-bond acceptors (Lipinski definition) is 4. The van der Waals surface area contributed by atoms with Crippen LogP contribution in [0.2, 0.25) is 4.47 Å². The van der Waals surface area contributed by atoms with Gasteiger partial charge in [-0.25, -0.2) is 4.98 Å². The summed E-state index contributed by atoms with van der Waals surface area (Å²) in [6.45, 7) is 1.93. The molecule has 1 aliphatic heterocycles. The first-order chi connectivity index (χ1) is 7.25. The summed E-state index contributed by atoms with van der Waals surface area (Å²) in [6.07, 6.45) is 3.91. The lowest BCUT2D eigenvalue weighted by molar-refractivity contribution is 0.519. The van der Waals surface area contributed by atoms with E-state index < -0.39 is 10.8 Å². The number of nitrogens with zero attached hydrogens (tertiary/aromatic N) is 1. The van der Waals surface area contributed by atoms with Crippen LogP contribution >= 0.6 is 22.9 Å². The van der Waals surface area contributed by atoms with Crippen LogP contribution in [0.5, 0.6) is 0 Å². The van der Waals surface area contributed by atoms with E-state index in [0.717, 1.165) is 30.8 Å². The summed E-state index contributed by atoms with van der Waals surface area (Å²) in [5.41, 5.74) is 0. The summed E-state index contributed by atoms with van der Waals surface area (Å²) in [7, 11) is -0.795. The highest BCUT2D eigenvalue weighted by Crippen LogP contribution is 2.21. The van der Waals surface area contributed by atoms with Crippen molar-refractivity contribution >= 4 is 33.7 Å². The molecule has 1 fully saturated rings. The van der Waals surface area contributed by atoms with Crippen LogP contribution < -0.4 is 5.32 Å². The molecule has 0 saturated carbocycles. The van der Waals surface area contributed by atoms with E-state index in [2.05, 4.69) is 10.3 Å². The van der Waals surface area contributed by atoms with Crippen molar-refractivity contribution in [3.63, 3.8) is 0 Å². The zero-order chi connectivity index (χ0) is 10.7. The maximum absolute atomic E-state index is 12.0. The number of halogens is 1. The Kier molecular flexibility index (Phi) is 4.13. The minimum absolute atomic E-state index is 0.291. The van der Waals surface area contributed by atoms with Gasteiger partial charge in [-0.2, -0.15) is 0 Å². The number of hydrogen-bond donors (Lipinski definition) is 1. The van der Waals surface area contributed by atoms with Crippen LogP contribution in [0.25, 0.3) is 0 Å². The Bertz CT molecular complexity index is 350. The van der Waals surface area contributed by atoms with E-state index >= 15 is 0 Å². The van der Waals surface area contributed by atoms with E-state index in [1.54, 1.807) is 6.20 Å². The van der Waals surface area contributed by atoms with Crippen molar-refractivity contribution in [3.8, 4) is 0 Å². The van der Waals surface area contributed by atoms with Crippen LogP contribution in [0.1, 0.15) is 17.7 Å². The highest BCUT2D eigenvalue weighted by atomic mass is 35.5. The molecule has 6 heteroatoms. The first-order valence-electron chi connectivity index (χ1n) is 4.94. The lowest BCUT2D eigenvalue weighted by Gasteiger charge is -2.21. The third-order valence-electron chi connectivity index (χ3n) is 2.43. The van der Waals surface area contributed by atoms with Gasteiger partial charge in [-0.1, -0.05) is 11.6 Å². The lowest BCUT2D eigenvalue weighted by Crippen LogP contribution is -2.36. The normalized spacial score (nSPS) is 23.9. The summed E-state index contributed by atoms with van der Waals surface area (Å²) in [4.78, 5) is 4.97. The number of nitrogens with one attached hydrogen (secondary N) is 1. The van der Waals surface area contributed by atoms with Gasteiger partial charge in [0.1, 0.15) is 0 Å². The topological polar surface area (TPSA) is 42.0 Å². The summed E-state index contributed by atoms with van der Waals surface area (Å²) in [5, 5.41) is 3.57. The molecule has 84 valence electrons. The average Bonchev–Trinajstić information content (AvgIpc) is 2.65. The maximum Gasteiger partial charge on any atom is 0.183 e. The van der Waals surface area contributed by atoms with Crippen LogP contribution in [0.15, 0.2) is 6.20 Å². The Hall–Kier alpha value is 0.0300. The minimum Gasteiger partial charge on any atom is -0.316 e. The SMILES string of the molecule is O=S(Cc1cnc(Cl)s1)C1CCCNC1. The standard InChI is InChI=1S/C9H13ClN2OS2/c10-9-12-4-7(14-9)6-15(13)8-2-1-3-11-5-8/h4,8,11H,1-3,5-6H2. The number of rotatable bonds is 3. The lowest BCUT2D eigenvalue weighted by atomic mass is 10.2. The van der Waals surface area contributed by atoms with Gasteiger partial charge in [0.15, 0.2) is 4.47 Å². The molecule has 0 amide bonds. The fourth-order valence-electron chi connectivity index (χ4n) is 1.65. The van der Waals surface area contributed by atoms with E-state index in [9.17, 15) is 4.21 Å². The molecular formula is C9H13ClN2OS2. The quantitative estimate of drug-likeness (QED) is 0.905. The van der Waals surface area contributed by atoms with Crippen molar-refractivity contribution in [3.05, 3.63) is 15.5 Å². The molecule has 1 saturated heterocycles. The Morgan fingerprint density at radius 1 is 1.73 bits per heavy atom. The summed E-state index contributed by atoms with van der Waals surface area (Å²) in [5.74, 6) is 0.594. The molecule has 15 heavy (non-hydrogen) atoms. The smallest absolute Gasteiger partial charge is 0.183 e. The second-order valence-corrected chi connectivity index (χ2v) is 6.99. The number of piperidine rings is 1. The zero-order valence-electron chi connectivity index (χ0n) is 8.24. The molecule has 0 aromatic carbocycles. The molecule has 1 aromatic heterocycles. The Morgan fingerprint density at radius 2 is 2.60 bits per heavy atom. The molecule has 2 atom stereocenters. The summed E-state index contributed by atoms with van der Waals surface area (Å²) in [6, 6.07) is 0. The molecule has 0 bridgehead atoms. The van der Waals surface area contributed by atoms with Gasteiger partial charge in [0.05, 0.1) is 5.75 Å². The van der Waals surface area contributed by atoms with Gasteiger partial charge in [0.2, 0.25) is 0 Å². The van der Waals surface area contributed by atoms with Crippen molar-refractivity contribution in [1.82, 2.24) is 10.3 Å². The predicted octanol–water partition coefficient (Wildman–Crippen LogP) is 1.80. The molecule has 2 unspecified atom stereocenters. The molecule has 1 aromatic rings. The van der Waals surface area contributed by atoms with Crippen molar-refractivity contribution in [2.75, 3.05) is 13.1 Å². The van der Waals surface area contributed by atoms with E-state index in [-0.39, 0.29) is 0 Å². The van der Waals surface area contributed by atoms with Gasteiger partial charge < -0.3 is 5.32 Å². The van der Waals surface area contributed by atoms with E-state index in [0.29, 0.717) is 15.5 Å². The van der Waals surface area contributed by atoms with Crippen LogP contribution in [0.3, 0.4) is 0 Å². The van der Waals surface area contributed by atoms with E-state index in [1.165, 1.54) is 11.3 Å². The molecule has 3 nitrogen and oxygen atoms in total. The monoisotopic (exact) mass is 264 g/mol. The first-order valence-corrected chi connectivity index (χ1v) is 7.51. The molecule has 0 aliphatic carbocycles. The van der Waals surface area contributed by atoms with Crippen LogP contribution in [0, 0.1) is 0 Å². The van der Waals surface area contributed by atoms with Gasteiger partial charge in [-0.15, -0.1) is 11.3 Å². The largest absolute Gasteiger partial charge is 0.316 e. The van der Waals surface area contributed by atoms with Gasteiger partial charge >= 0.3 is 0 Å². The van der Waals surface area contributed by atoms with Gasteiger partial charge in [-0.3, -0.25) is 4.21 Å². The van der Waals surface area contributed by atoms with Gasteiger partial charge in [-0.05, 0) is 19.4 Å². The zero-order valence-corrected chi connectivity index (χ0v) is 10.6. The Morgan fingerprint density at radius 3 is 3.20 bits per heavy atom. The summed E-state index contributed by atoms with van der Waals surface area (Å²) >= 11 is 7.15. The van der Waals surface area contributed by atoms with E-state index in [1.807, 2.05) is 0 Å². The number of aromatic nitrogens is 1. The molecule has 2 heterocycles. The molecule has 1 N–H and O–H groups in total. The van der Waals surface area contributed by atoms with Crippen molar-refractivity contribution in [1.29, 1.82) is 0 Å². The molecular weight excluding hydrogens is 252 g/mol. The third-order valence-corrected chi connectivity index (χ3v) is 5.47. The maximum atomic E-state index is 12.0. The van der Waals surface area contributed by atoms with Crippen molar-refractivity contribution in [2.24, 2.45) is 0 Å². The molecule has 0 radical (unpaired) electrons. The second-order valence-electron chi connectivity index (χ2n) is 3.57. The fraction of sp³-hybridized carbons (Fsp3) is 0.667. The molecule has 0 spiro atoms.